The highest BCUT2D eigenvalue weighted by Crippen LogP contribution is 2.14. The summed E-state index contributed by atoms with van der Waals surface area (Å²) in [6, 6.07) is -2.23. The molecule has 2 atom stereocenters. The quantitative estimate of drug-likeness (QED) is 0.0477. The first-order chi connectivity index (χ1) is 20.6. The van der Waals surface area contributed by atoms with Crippen LogP contribution in [-0.2, 0) is 28.8 Å². The van der Waals surface area contributed by atoms with Gasteiger partial charge >= 0.3 is 11.9 Å². The number of aliphatic hydroxyl groups excluding tert-OH is 1. The summed E-state index contributed by atoms with van der Waals surface area (Å²) in [4.78, 5) is 69.1. The predicted molar refractivity (Wildman–Crippen MR) is 166 cm³/mol. The van der Waals surface area contributed by atoms with Crippen molar-refractivity contribution in [2.24, 2.45) is 0 Å². The van der Waals surface area contributed by atoms with Gasteiger partial charge in [-0.25, -0.2) is 4.79 Å². The van der Waals surface area contributed by atoms with Gasteiger partial charge in [0.25, 0.3) is 0 Å². The molecule has 43 heavy (non-hydrogen) atoms. The smallest absolute Gasteiger partial charge is 0.326 e. The van der Waals surface area contributed by atoms with Crippen molar-refractivity contribution in [3.05, 3.63) is 0 Å². The molecule has 0 fully saturated rings. The number of thiol groups is 1. The van der Waals surface area contributed by atoms with Crippen LogP contribution in [0, 0.1) is 0 Å². The fourth-order valence-electron chi connectivity index (χ4n) is 4.50. The topological polar surface area (TPSA) is 199 Å². The second-order valence-electron chi connectivity index (χ2n) is 10.9. The lowest BCUT2D eigenvalue weighted by atomic mass is 10.0. The molecule has 0 spiro atoms. The molecule has 6 N–H and O–H groups in total. The molecule has 13 heteroatoms. The molecule has 0 saturated heterocycles. The number of carbonyl (C=O) groups excluding carboxylic acids is 4. The summed E-state index contributed by atoms with van der Waals surface area (Å²) < 4.78 is 0. The first kappa shape index (κ1) is 40.3. The molecule has 0 aliphatic heterocycles. The zero-order chi connectivity index (χ0) is 32.3. The number of amides is 3. The fraction of sp³-hybridized carbons (Fsp3) is 0.800. The maximum atomic E-state index is 12.2. The molecule has 0 aliphatic rings. The number of aliphatic carboxylic acids is 2. The van der Waals surface area contributed by atoms with Crippen molar-refractivity contribution in [2.75, 3.05) is 13.2 Å². The van der Waals surface area contributed by atoms with Gasteiger partial charge in [0.2, 0.25) is 22.8 Å². The normalized spacial score (nSPS) is 12.2. The molecule has 0 aliphatic carbocycles. The molecule has 0 aromatic carbocycles. The molecule has 12 nitrogen and oxygen atoms in total. The summed E-state index contributed by atoms with van der Waals surface area (Å²) in [5.41, 5.74) is 0. The van der Waals surface area contributed by atoms with E-state index in [4.69, 9.17) is 10.2 Å². The van der Waals surface area contributed by atoms with Gasteiger partial charge in [0.1, 0.15) is 12.1 Å². The largest absolute Gasteiger partial charge is 0.481 e. The molecular weight excluding hydrogens is 578 g/mol. The van der Waals surface area contributed by atoms with Gasteiger partial charge in [-0.1, -0.05) is 77.0 Å². The van der Waals surface area contributed by atoms with Crippen LogP contribution in [-0.4, -0.2) is 75.3 Å². The van der Waals surface area contributed by atoms with E-state index in [1.807, 2.05) is 0 Å². The molecule has 0 bridgehead atoms. The van der Waals surface area contributed by atoms with Crippen molar-refractivity contribution in [3.63, 3.8) is 0 Å². The highest BCUT2D eigenvalue weighted by molar-refractivity contribution is 7.96. The van der Waals surface area contributed by atoms with E-state index in [1.54, 1.807) is 0 Å². The van der Waals surface area contributed by atoms with Gasteiger partial charge in [0, 0.05) is 32.2 Å². The Kier molecular flexibility index (Phi) is 25.2. The number of carboxylic acid groups (broad SMARTS) is 2. The number of carbonyl (C=O) groups is 6. The van der Waals surface area contributed by atoms with Crippen LogP contribution in [0.3, 0.4) is 0 Å². The molecular formula is C30H53N3O9S. The zero-order valence-electron chi connectivity index (χ0n) is 25.4. The number of unbranched alkanes of at least 4 members (excludes halogenated alkanes) is 13. The maximum Gasteiger partial charge on any atom is 0.326 e. The minimum Gasteiger partial charge on any atom is -0.481 e. The number of carboxylic acids is 2. The van der Waals surface area contributed by atoms with E-state index in [1.165, 1.54) is 44.9 Å². The van der Waals surface area contributed by atoms with Gasteiger partial charge in [-0.2, -0.15) is 0 Å². The van der Waals surface area contributed by atoms with Crippen LogP contribution in [0.25, 0.3) is 0 Å². The second kappa shape index (κ2) is 26.9. The van der Waals surface area contributed by atoms with E-state index in [9.17, 15) is 33.9 Å². The summed E-state index contributed by atoms with van der Waals surface area (Å²) in [6.45, 7) is -0.385. The van der Waals surface area contributed by atoms with E-state index < -0.39 is 47.6 Å². The van der Waals surface area contributed by atoms with Crippen molar-refractivity contribution in [2.45, 2.75) is 141 Å². The average molecular weight is 632 g/mol. The van der Waals surface area contributed by atoms with Gasteiger partial charge in [-0.3, -0.25) is 24.0 Å². The Labute approximate surface area is 260 Å². The van der Waals surface area contributed by atoms with Crippen LogP contribution >= 0.6 is 12.6 Å². The first-order valence-corrected chi connectivity index (χ1v) is 16.1. The van der Waals surface area contributed by atoms with Crippen LogP contribution in [0.4, 0.5) is 0 Å². The highest BCUT2D eigenvalue weighted by Gasteiger charge is 2.21. The standard InChI is InChI=1S/C30H53N3O9S/c34-22-24(30(42)43)33-27(37)17-15-21-31-25(35)20-19-23(29(40)41)32-26(36)16-13-11-9-7-5-3-1-2-4-6-8-10-12-14-18-28(38)39/h23-24,34H,1-22H2,(H,31,35)(H,32,36)(H,33,37)(H,38,39)(H,40,41)(H,42,43). The molecule has 0 rings (SSSR count). The number of aliphatic hydroxyl groups is 1. The molecule has 0 aromatic rings. The van der Waals surface area contributed by atoms with Gasteiger partial charge in [0.05, 0.1) is 6.61 Å². The monoisotopic (exact) mass is 631 g/mol. The Morgan fingerprint density at radius 3 is 1.37 bits per heavy atom. The number of nitrogens with one attached hydrogen (secondary N) is 3. The third-order valence-electron chi connectivity index (χ3n) is 7.06. The van der Waals surface area contributed by atoms with Crippen LogP contribution in [0.1, 0.15) is 128 Å². The van der Waals surface area contributed by atoms with Gasteiger partial charge < -0.3 is 31.3 Å². The minimum atomic E-state index is -1.20. The van der Waals surface area contributed by atoms with Crippen molar-refractivity contribution in [3.8, 4) is 0 Å². The molecule has 2 unspecified atom stereocenters. The Balaban J connectivity index is 3.80. The lowest BCUT2D eigenvalue weighted by Gasteiger charge is -2.15. The van der Waals surface area contributed by atoms with E-state index in [0.29, 0.717) is 6.42 Å². The highest BCUT2D eigenvalue weighted by atomic mass is 32.1. The maximum absolute atomic E-state index is 12.2. The average Bonchev–Trinajstić information content (AvgIpc) is 2.95. The van der Waals surface area contributed by atoms with Crippen LogP contribution < -0.4 is 16.0 Å². The molecule has 0 heterocycles. The van der Waals surface area contributed by atoms with Crippen LogP contribution in [0.2, 0.25) is 0 Å². The van der Waals surface area contributed by atoms with Crippen LogP contribution in [0.15, 0.2) is 0 Å². The third-order valence-corrected chi connectivity index (χ3v) is 7.37. The van der Waals surface area contributed by atoms with E-state index >= 15 is 0 Å². The van der Waals surface area contributed by atoms with E-state index in [-0.39, 0.29) is 51.0 Å². The molecule has 248 valence electrons. The Morgan fingerprint density at radius 2 is 0.953 bits per heavy atom. The third kappa shape index (κ3) is 25.5. The number of hydrogen-bond acceptors (Lipinski definition) is 7. The summed E-state index contributed by atoms with van der Waals surface area (Å²) in [5.74, 6) is -3.13. The summed E-state index contributed by atoms with van der Waals surface area (Å²) >= 11 is 3.57. The SMILES string of the molecule is O=C(O)CCCCCCCCCCCCCCCCC(=O)NC(CCC(=O)NCCCC(=O)NC(CO)C(=O)S)C(=O)O. The molecule has 3 amide bonds. The predicted octanol–water partition coefficient (Wildman–Crippen LogP) is 3.49. The first-order valence-electron chi connectivity index (χ1n) is 15.7. The lowest BCUT2D eigenvalue weighted by molar-refractivity contribution is -0.142. The van der Waals surface area contributed by atoms with Crippen LogP contribution in [0.5, 0.6) is 0 Å². The summed E-state index contributed by atoms with van der Waals surface area (Å²) in [6.07, 6.45) is 15.7. The van der Waals surface area contributed by atoms with Crippen molar-refractivity contribution in [1.29, 1.82) is 0 Å². The minimum absolute atomic E-state index is 0.0204. The van der Waals surface area contributed by atoms with E-state index in [2.05, 4.69) is 28.6 Å². The Bertz CT molecular complexity index is 842. The van der Waals surface area contributed by atoms with Gasteiger partial charge in [0.15, 0.2) is 0 Å². The van der Waals surface area contributed by atoms with E-state index in [0.717, 1.165) is 38.5 Å². The number of hydrogen-bond donors (Lipinski definition) is 7. The molecule has 0 saturated carbocycles. The Hall–Kier alpha value is -2.67. The summed E-state index contributed by atoms with van der Waals surface area (Å²) in [7, 11) is 0. The van der Waals surface area contributed by atoms with Gasteiger partial charge in [-0.15, -0.1) is 12.6 Å². The van der Waals surface area contributed by atoms with Crippen molar-refractivity contribution >= 4 is 47.4 Å². The molecule has 0 aromatic heterocycles. The number of rotatable bonds is 29. The Morgan fingerprint density at radius 1 is 0.535 bits per heavy atom. The van der Waals surface area contributed by atoms with Crippen molar-refractivity contribution in [1.82, 2.24) is 16.0 Å². The van der Waals surface area contributed by atoms with Crippen molar-refractivity contribution < 1.29 is 44.1 Å². The molecule has 0 radical (unpaired) electrons. The summed E-state index contributed by atoms with van der Waals surface area (Å²) in [5, 5.41) is 33.8. The lowest BCUT2D eigenvalue weighted by Crippen LogP contribution is -2.42. The second-order valence-corrected chi connectivity index (χ2v) is 11.4. The zero-order valence-corrected chi connectivity index (χ0v) is 26.3. The fourth-order valence-corrected chi connectivity index (χ4v) is 4.65. The van der Waals surface area contributed by atoms with Gasteiger partial charge in [-0.05, 0) is 25.7 Å².